The van der Waals surface area contributed by atoms with Crippen molar-refractivity contribution in [2.75, 3.05) is 13.1 Å². The first kappa shape index (κ1) is 17.0. The Morgan fingerprint density at radius 2 is 2.12 bits per heavy atom. The molecule has 0 unspecified atom stereocenters. The first-order chi connectivity index (χ1) is 12.5. The SMILES string of the molecule is Cc1cccc([C@@H]2CCCN(C(=O)c3nn4cc(C)cnc4c3Cl)C2)c1. The van der Waals surface area contributed by atoms with Gasteiger partial charge < -0.3 is 4.90 Å². The van der Waals surface area contributed by atoms with E-state index in [2.05, 4.69) is 41.3 Å². The summed E-state index contributed by atoms with van der Waals surface area (Å²) in [6.07, 6.45) is 5.63. The minimum absolute atomic E-state index is 0.115. The maximum atomic E-state index is 13.1. The number of aryl methyl sites for hydroxylation is 2. The third kappa shape index (κ3) is 3.07. The minimum Gasteiger partial charge on any atom is -0.337 e. The fourth-order valence-electron chi connectivity index (χ4n) is 3.64. The first-order valence-corrected chi connectivity index (χ1v) is 9.27. The van der Waals surface area contributed by atoms with Gasteiger partial charge in [-0.05, 0) is 37.8 Å². The van der Waals surface area contributed by atoms with Crippen LogP contribution in [0.25, 0.3) is 5.65 Å². The van der Waals surface area contributed by atoms with Gasteiger partial charge in [-0.25, -0.2) is 9.50 Å². The molecule has 1 atom stereocenters. The number of hydrogen-bond donors (Lipinski definition) is 0. The molecule has 0 spiro atoms. The van der Waals surface area contributed by atoms with E-state index in [1.165, 1.54) is 11.1 Å². The van der Waals surface area contributed by atoms with Crippen molar-refractivity contribution in [1.29, 1.82) is 0 Å². The van der Waals surface area contributed by atoms with Gasteiger partial charge in [0.1, 0.15) is 5.02 Å². The summed E-state index contributed by atoms with van der Waals surface area (Å²) in [4.78, 5) is 19.2. The van der Waals surface area contributed by atoms with E-state index >= 15 is 0 Å². The fourth-order valence-corrected chi connectivity index (χ4v) is 3.90. The van der Waals surface area contributed by atoms with Gasteiger partial charge in [-0.2, -0.15) is 5.10 Å². The van der Waals surface area contributed by atoms with Gasteiger partial charge in [-0.1, -0.05) is 41.4 Å². The molecular formula is C20H21ClN4O. The van der Waals surface area contributed by atoms with Gasteiger partial charge in [0.05, 0.1) is 0 Å². The van der Waals surface area contributed by atoms with Crippen LogP contribution in [0.2, 0.25) is 5.02 Å². The number of carbonyl (C=O) groups is 1. The second kappa shape index (κ2) is 6.72. The average Bonchev–Trinajstić information content (AvgIpc) is 2.97. The van der Waals surface area contributed by atoms with Gasteiger partial charge in [0.2, 0.25) is 0 Å². The van der Waals surface area contributed by atoms with Gasteiger partial charge in [0, 0.05) is 31.4 Å². The lowest BCUT2D eigenvalue weighted by molar-refractivity contribution is 0.0701. The number of amides is 1. The van der Waals surface area contributed by atoms with Crippen molar-refractivity contribution in [2.24, 2.45) is 0 Å². The zero-order valence-electron chi connectivity index (χ0n) is 14.9. The molecule has 4 rings (SSSR count). The molecular weight excluding hydrogens is 348 g/mol. The number of hydrogen-bond acceptors (Lipinski definition) is 3. The molecule has 2 aromatic heterocycles. The molecule has 0 saturated carbocycles. The van der Waals surface area contributed by atoms with Gasteiger partial charge in [0.15, 0.2) is 11.3 Å². The van der Waals surface area contributed by atoms with Crippen molar-refractivity contribution in [2.45, 2.75) is 32.6 Å². The lowest BCUT2D eigenvalue weighted by Crippen LogP contribution is -2.39. The van der Waals surface area contributed by atoms with E-state index in [1.54, 1.807) is 10.7 Å². The van der Waals surface area contributed by atoms with Crippen molar-refractivity contribution in [3.63, 3.8) is 0 Å². The van der Waals surface area contributed by atoms with E-state index in [0.717, 1.165) is 24.9 Å². The standard InChI is InChI=1S/C20H21ClN4O/c1-13-5-3-6-15(9-13)16-7-4-8-24(12-16)20(26)18-17(21)19-22-10-14(2)11-25(19)23-18/h3,5-6,9-11,16H,4,7-8,12H2,1-2H3/t16-/m1/s1. The molecule has 5 nitrogen and oxygen atoms in total. The van der Waals surface area contributed by atoms with Gasteiger partial charge >= 0.3 is 0 Å². The zero-order chi connectivity index (χ0) is 18.3. The highest BCUT2D eigenvalue weighted by Crippen LogP contribution is 2.29. The molecule has 1 amide bonds. The Labute approximate surface area is 157 Å². The van der Waals surface area contributed by atoms with Crippen molar-refractivity contribution in [3.8, 4) is 0 Å². The summed E-state index contributed by atoms with van der Waals surface area (Å²) in [6.45, 7) is 5.46. The molecule has 1 fully saturated rings. The van der Waals surface area contributed by atoms with Crippen molar-refractivity contribution in [3.05, 3.63) is 64.1 Å². The molecule has 3 heterocycles. The summed E-state index contributed by atoms with van der Waals surface area (Å²) in [7, 11) is 0. The fraction of sp³-hybridized carbons (Fsp3) is 0.350. The Balaban J connectivity index is 1.61. The van der Waals surface area contributed by atoms with Crippen LogP contribution >= 0.6 is 11.6 Å². The summed E-state index contributed by atoms with van der Waals surface area (Å²) in [5, 5.41) is 4.72. The third-order valence-electron chi connectivity index (χ3n) is 4.97. The van der Waals surface area contributed by atoms with E-state index in [1.807, 2.05) is 18.0 Å². The lowest BCUT2D eigenvalue weighted by atomic mass is 9.89. The van der Waals surface area contributed by atoms with Crippen LogP contribution in [0.4, 0.5) is 0 Å². The second-order valence-electron chi connectivity index (χ2n) is 7.07. The largest absolute Gasteiger partial charge is 0.337 e. The summed E-state index contributed by atoms with van der Waals surface area (Å²) in [5.41, 5.74) is 4.31. The van der Waals surface area contributed by atoms with Gasteiger partial charge in [-0.3, -0.25) is 4.79 Å². The van der Waals surface area contributed by atoms with E-state index in [4.69, 9.17) is 11.6 Å². The molecule has 134 valence electrons. The number of piperidine rings is 1. The van der Waals surface area contributed by atoms with E-state index in [-0.39, 0.29) is 11.6 Å². The predicted octanol–water partition coefficient (Wildman–Crippen LogP) is 4.02. The Kier molecular flexibility index (Phi) is 4.41. The molecule has 26 heavy (non-hydrogen) atoms. The monoisotopic (exact) mass is 368 g/mol. The second-order valence-corrected chi connectivity index (χ2v) is 7.44. The van der Waals surface area contributed by atoms with E-state index in [9.17, 15) is 4.79 Å². The highest BCUT2D eigenvalue weighted by Gasteiger charge is 2.29. The predicted molar refractivity (Wildman–Crippen MR) is 102 cm³/mol. The van der Waals surface area contributed by atoms with Gasteiger partial charge in [-0.15, -0.1) is 0 Å². The third-order valence-corrected chi connectivity index (χ3v) is 5.32. The van der Waals surface area contributed by atoms with Crippen molar-refractivity contribution in [1.82, 2.24) is 19.5 Å². The number of aromatic nitrogens is 3. The molecule has 1 saturated heterocycles. The van der Waals surface area contributed by atoms with Crippen LogP contribution in [0.5, 0.6) is 0 Å². The summed E-state index contributed by atoms with van der Waals surface area (Å²) in [5.74, 6) is 0.235. The average molecular weight is 369 g/mol. The molecule has 0 radical (unpaired) electrons. The normalized spacial score (nSPS) is 17.7. The summed E-state index contributed by atoms with van der Waals surface area (Å²) in [6, 6.07) is 8.54. The van der Waals surface area contributed by atoms with Crippen molar-refractivity contribution < 1.29 is 4.79 Å². The Morgan fingerprint density at radius 3 is 2.92 bits per heavy atom. The number of nitrogens with zero attached hydrogens (tertiary/aromatic N) is 4. The van der Waals surface area contributed by atoms with Crippen LogP contribution in [-0.4, -0.2) is 38.5 Å². The van der Waals surface area contributed by atoms with Crippen LogP contribution in [0.15, 0.2) is 36.7 Å². The molecule has 0 bridgehead atoms. The first-order valence-electron chi connectivity index (χ1n) is 8.89. The number of halogens is 1. The summed E-state index contributed by atoms with van der Waals surface area (Å²) >= 11 is 6.40. The van der Waals surface area contributed by atoms with E-state index in [0.29, 0.717) is 23.1 Å². The molecule has 1 aliphatic heterocycles. The maximum Gasteiger partial charge on any atom is 0.276 e. The number of likely N-dealkylation sites (tertiary alicyclic amines) is 1. The Bertz CT molecular complexity index is 981. The Morgan fingerprint density at radius 1 is 1.27 bits per heavy atom. The van der Waals surface area contributed by atoms with Crippen LogP contribution in [0, 0.1) is 13.8 Å². The molecule has 0 aliphatic carbocycles. The van der Waals surface area contributed by atoms with Crippen LogP contribution < -0.4 is 0 Å². The topological polar surface area (TPSA) is 50.5 Å². The number of rotatable bonds is 2. The molecule has 1 aromatic carbocycles. The number of benzene rings is 1. The highest BCUT2D eigenvalue weighted by atomic mass is 35.5. The smallest absolute Gasteiger partial charge is 0.276 e. The van der Waals surface area contributed by atoms with Crippen LogP contribution in [0.3, 0.4) is 0 Å². The maximum absolute atomic E-state index is 13.1. The molecule has 6 heteroatoms. The Hall–Kier alpha value is -2.40. The summed E-state index contributed by atoms with van der Waals surface area (Å²) < 4.78 is 1.59. The van der Waals surface area contributed by atoms with E-state index < -0.39 is 0 Å². The zero-order valence-corrected chi connectivity index (χ0v) is 15.7. The van der Waals surface area contributed by atoms with Crippen molar-refractivity contribution >= 4 is 23.2 Å². The molecule has 3 aromatic rings. The lowest BCUT2D eigenvalue weighted by Gasteiger charge is -2.32. The minimum atomic E-state index is -0.115. The quantitative estimate of drug-likeness (QED) is 0.686. The van der Waals surface area contributed by atoms with Gasteiger partial charge in [0.25, 0.3) is 5.91 Å². The molecule has 1 aliphatic rings. The van der Waals surface area contributed by atoms with Crippen LogP contribution in [0.1, 0.15) is 45.9 Å². The highest BCUT2D eigenvalue weighted by molar-refractivity contribution is 6.36. The molecule has 0 N–H and O–H groups in total. The van der Waals surface area contributed by atoms with Crippen LogP contribution in [-0.2, 0) is 0 Å². The number of fused-ring (bicyclic) bond motifs is 1. The number of carbonyl (C=O) groups excluding carboxylic acids is 1.